The molecule has 114 valence electrons. The Morgan fingerprint density at radius 1 is 1.29 bits per heavy atom. The predicted octanol–water partition coefficient (Wildman–Crippen LogP) is 2.85. The minimum atomic E-state index is -0.106. The second-order valence-electron chi connectivity index (χ2n) is 5.99. The highest BCUT2D eigenvalue weighted by molar-refractivity contribution is 6.30. The second-order valence-corrected chi connectivity index (χ2v) is 6.42. The second kappa shape index (κ2) is 6.24. The molecular formula is C16H21ClN2O2. The predicted molar refractivity (Wildman–Crippen MR) is 82.7 cm³/mol. The molecule has 1 saturated carbocycles. The molecule has 2 N–H and O–H groups in total. The van der Waals surface area contributed by atoms with Gasteiger partial charge in [0, 0.05) is 30.1 Å². The van der Waals surface area contributed by atoms with E-state index in [2.05, 4.69) is 22.8 Å². The van der Waals surface area contributed by atoms with E-state index >= 15 is 0 Å². The van der Waals surface area contributed by atoms with Crippen LogP contribution < -0.4 is 10.6 Å². The Bertz CT molecular complexity index is 494. The van der Waals surface area contributed by atoms with E-state index in [4.69, 9.17) is 16.3 Å². The van der Waals surface area contributed by atoms with E-state index in [0.717, 1.165) is 37.3 Å². The van der Waals surface area contributed by atoms with Gasteiger partial charge in [0.05, 0.1) is 6.10 Å². The maximum absolute atomic E-state index is 11.9. The third-order valence-corrected chi connectivity index (χ3v) is 4.66. The van der Waals surface area contributed by atoms with Crippen molar-refractivity contribution in [2.24, 2.45) is 0 Å². The number of hydrogen-bond acceptors (Lipinski definition) is 2. The smallest absolute Gasteiger partial charge is 0.314 e. The molecule has 0 aromatic heterocycles. The van der Waals surface area contributed by atoms with Crippen LogP contribution in [-0.4, -0.2) is 31.8 Å². The number of amides is 2. The van der Waals surface area contributed by atoms with Gasteiger partial charge in [-0.05, 0) is 43.4 Å². The Morgan fingerprint density at radius 3 is 2.67 bits per heavy atom. The van der Waals surface area contributed by atoms with Crippen LogP contribution in [0.25, 0.3) is 0 Å². The number of carbonyl (C=O) groups is 1. The number of hydrogen-bond donors (Lipinski definition) is 2. The molecule has 21 heavy (non-hydrogen) atoms. The van der Waals surface area contributed by atoms with Gasteiger partial charge in [-0.2, -0.15) is 0 Å². The first-order chi connectivity index (χ1) is 10.2. The van der Waals surface area contributed by atoms with Gasteiger partial charge in [-0.15, -0.1) is 0 Å². The van der Waals surface area contributed by atoms with Gasteiger partial charge >= 0.3 is 6.03 Å². The van der Waals surface area contributed by atoms with Crippen LogP contribution in [0.15, 0.2) is 24.3 Å². The number of ether oxygens (including phenoxy) is 1. The highest BCUT2D eigenvalue weighted by Gasteiger charge is 2.44. The summed E-state index contributed by atoms with van der Waals surface area (Å²) in [4.78, 5) is 11.9. The molecular weight excluding hydrogens is 288 g/mol. The molecule has 1 heterocycles. The quantitative estimate of drug-likeness (QED) is 0.879. The Balaban J connectivity index is 1.45. The van der Waals surface area contributed by atoms with Crippen LogP contribution in [0.1, 0.15) is 31.2 Å². The Kier molecular flexibility index (Phi) is 4.36. The molecule has 1 atom stereocenters. The van der Waals surface area contributed by atoms with Gasteiger partial charge in [-0.1, -0.05) is 23.7 Å². The largest absolute Gasteiger partial charge is 0.376 e. The lowest BCUT2D eigenvalue weighted by atomic mass is 9.96. The minimum absolute atomic E-state index is 0.103. The Hall–Kier alpha value is -1.26. The molecule has 0 spiro atoms. The first-order valence-electron chi connectivity index (χ1n) is 7.57. The normalized spacial score (nSPS) is 22.8. The van der Waals surface area contributed by atoms with Crippen molar-refractivity contribution >= 4 is 17.6 Å². The Labute approximate surface area is 130 Å². The highest BCUT2D eigenvalue weighted by Crippen LogP contribution is 2.47. The molecule has 4 nitrogen and oxygen atoms in total. The van der Waals surface area contributed by atoms with Crippen molar-refractivity contribution < 1.29 is 9.53 Å². The molecule has 1 aromatic rings. The summed E-state index contributed by atoms with van der Waals surface area (Å²) in [5.41, 5.74) is 1.36. The van der Waals surface area contributed by atoms with Crippen LogP contribution >= 0.6 is 11.6 Å². The lowest BCUT2D eigenvalue weighted by Gasteiger charge is -2.18. The van der Waals surface area contributed by atoms with Gasteiger partial charge in [0.15, 0.2) is 0 Å². The summed E-state index contributed by atoms with van der Waals surface area (Å²) in [6, 6.07) is 7.83. The standard InChI is InChI=1S/C16H21ClN2O2/c17-13-5-3-12(4-6-13)16(7-8-16)11-19-15(20)18-10-14-2-1-9-21-14/h3-6,14H,1-2,7-11H2,(H2,18,19,20). The number of benzene rings is 1. The number of halogens is 1. The summed E-state index contributed by atoms with van der Waals surface area (Å²) in [5.74, 6) is 0. The van der Waals surface area contributed by atoms with Crippen molar-refractivity contribution in [3.05, 3.63) is 34.9 Å². The first-order valence-corrected chi connectivity index (χ1v) is 7.95. The van der Waals surface area contributed by atoms with E-state index in [1.165, 1.54) is 5.56 Å². The monoisotopic (exact) mass is 308 g/mol. The molecule has 1 aliphatic carbocycles. The zero-order chi connectivity index (χ0) is 14.7. The van der Waals surface area contributed by atoms with Crippen molar-refractivity contribution in [3.63, 3.8) is 0 Å². The van der Waals surface area contributed by atoms with Crippen LogP contribution in [0.3, 0.4) is 0 Å². The molecule has 2 aliphatic rings. The van der Waals surface area contributed by atoms with Gasteiger partial charge in [0.25, 0.3) is 0 Å². The molecule has 1 unspecified atom stereocenters. The molecule has 5 heteroatoms. The number of urea groups is 1. The van der Waals surface area contributed by atoms with Gasteiger partial charge in [0.2, 0.25) is 0 Å². The first kappa shape index (κ1) is 14.7. The van der Waals surface area contributed by atoms with Gasteiger partial charge in [-0.3, -0.25) is 0 Å². The summed E-state index contributed by atoms with van der Waals surface area (Å²) < 4.78 is 5.49. The van der Waals surface area contributed by atoms with Crippen LogP contribution in [-0.2, 0) is 10.2 Å². The third-order valence-electron chi connectivity index (χ3n) is 4.41. The SMILES string of the molecule is O=C(NCC1CCCO1)NCC1(c2ccc(Cl)cc2)CC1. The number of rotatable bonds is 5. The topological polar surface area (TPSA) is 50.4 Å². The maximum atomic E-state index is 11.9. The molecule has 3 rings (SSSR count). The molecule has 0 radical (unpaired) electrons. The minimum Gasteiger partial charge on any atom is -0.376 e. The summed E-state index contributed by atoms with van der Waals surface area (Å²) in [6.45, 7) is 2.08. The van der Waals surface area contributed by atoms with E-state index in [9.17, 15) is 4.79 Å². The summed E-state index contributed by atoms with van der Waals surface area (Å²) in [7, 11) is 0. The average molecular weight is 309 g/mol. The zero-order valence-corrected chi connectivity index (χ0v) is 12.8. The molecule has 0 bridgehead atoms. The van der Waals surface area contributed by atoms with Crippen molar-refractivity contribution in [1.82, 2.24) is 10.6 Å². The molecule has 1 aromatic carbocycles. The number of nitrogens with one attached hydrogen (secondary N) is 2. The summed E-state index contributed by atoms with van der Waals surface area (Å²) in [5, 5.41) is 6.62. The van der Waals surface area contributed by atoms with Gasteiger partial charge in [-0.25, -0.2) is 4.79 Å². The summed E-state index contributed by atoms with van der Waals surface area (Å²) in [6.07, 6.45) is 4.53. The van der Waals surface area contributed by atoms with Crippen LogP contribution in [0.2, 0.25) is 5.02 Å². The third kappa shape index (κ3) is 3.69. The fourth-order valence-electron chi connectivity index (χ4n) is 2.85. The average Bonchev–Trinajstić information content (AvgIpc) is 3.10. The molecule has 2 fully saturated rings. The molecule has 2 amide bonds. The van der Waals surface area contributed by atoms with Crippen molar-refractivity contribution in [2.45, 2.75) is 37.2 Å². The van der Waals surface area contributed by atoms with E-state index < -0.39 is 0 Å². The van der Waals surface area contributed by atoms with E-state index in [1.54, 1.807) is 0 Å². The Morgan fingerprint density at radius 2 is 2.05 bits per heavy atom. The fourth-order valence-corrected chi connectivity index (χ4v) is 2.97. The molecule has 1 aliphatic heterocycles. The number of carbonyl (C=O) groups excluding carboxylic acids is 1. The van der Waals surface area contributed by atoms with Crippen molar-refractivity contribution in [3.8, 4) is 0 Å². The maximum Gasteiger partial charge on any atom is 0.314 e. The lowest BCUT2D eigenvalue weighted by molar-refractivity contribution is 0.111. The van der Waals surface area contributed by atoms with Gasteiger partial charge < -0.3 is 15.4 Å². The van der Waals surface area contributed by atoms with E-state index in [0.29, 0.717) is 13.1 Å². The van der Waals surface area contributed by atoms with Crippen LogP contribution in [0.5, 0.6) is 0 Å². The zero-order valence-electron chi connectivity index (χ0n) is 12.0. The molecule has 1 saturated heterocycles. The van der Waals surface area contributed by atoms with Crippen LogP contribution in [0.4, 0.5) is 4.79 Å². The van der Waals surface area contributed by atoms with E-state index in [1.807, 2.05) is 12.1 Å². The van der Waals surface area contributed by atoms with Crippen molar-refractivity contribution in [2.75, 3.05) is 19.7 Å². The fraction of sp³-hybridized carbons (Fsp3) is 0.562. The van der Waals surface area contributed by atoms with E-state index in [-0.39, 0.29) is 17.6 Å². The van der Waals surface area contributed by atoms with Crippen LogP contribution in [0, 0.1) is 0 Å². The highest BCUT2D eigenvalue weighted by atomic mass is 35.5. The lowest BCUT2D eigenvalue weighted by Crippen LogP contribution is -2.42. The van der Waals surface area contributed by atoms with Crippen molar-refractivity contribution in [1.29, 1.82) is 0 Å². The van der Waals surface area contributed by atoms with Gasteiger partial charge in [0.1, 0.15) is 0 Å². The summed E-state index contributed by atoms with van der Waals surface area (Å²) >= 11 is 5.92.